The minimum absolute atomic E-state index is 0.574. The fourth-order valence-corrected chi connectivity index (χ4v) is 2.37. The quantitative estimate of drug-likeness (QED) is 0.813. The zero-order valence-electron chi connectivity index (χ0n) is 10.1. The Labute approximate surface area is 105 Å². The first kappa shape index (κ1) is 11.7. The lowest BCUT2D eigenvalue weighted by molar-refractivity contribution is 0.630. The summed E-state index contributed by atoms with van der Waals surface area (Å²) in [4.78, 5) is 9.83. The van der Waals surface area contributed by atoms with Gasteiger partial charge in [0, 0.05) is 6.20 Å². The summed E-state index contributed by atoms with van der Waals surface area (Å²) in [5.74, 6) is 0.574. The third kappa shape index (κ3) is 2.20. The molecule has 0 fully saturated rings. The average molecular weight is 243 g/mol. The summed E-state index contributed by atoms with van der Waals surface area (Å²) in [7, 11) is 0. The highest BCUT2D eigenvalue weighted by molar-refractivity contribution is 7.13. The van der Waals surface area contributed by atoms with E-state index >= 15 is 0 Å². The summed E-state index contributed by atoms with van der Waals surface area (Å²) in [6, 6.07) is 6.17. The number of nitriles is 1. The molecule has 0 saturated carbocycles. The average Bonchev–Trinajstić information content (AvgIpc) is 2.76. The van der Waals surface area contributed by atoms with Crippen molar-refractivity contribution in [2.75, 3.05) is 0 Å². The molecule has 0 aliphatic rings. The van der Waals surface area contributed by atoms with Gasteiger partial charge < -0.3 is 0 Å². The maximum absolute atomic E-state index is 9.10. The van der Waals surface area contributed by atoms with Crippen molar-refractivity contribution < 1.29 is 0 Å². The molecular formula is C13H13N3S. The van der Waals surface area contributed by atoms with Crippen LogP contribution in [0, 0.1) is 18.3 Å². The maximum atomic E-state index is 9.10. The van der Waals surface area contributed by atoms with Gasteiger partial charge in [0.2, 0.25) is 0 Å². The molecule has 0 aliphatic carbocycles. The number of aryl methyl sites for hydroxylation is 1. The van der Waals surface area contributed by atoms with E-state index in [1.807, 2.05) is 25.3 Å². The van der Waals surface area contributed by atoms with Crippen LogP contribution in [0.4, 0.5) is 0 Å². The van der Waals surface area contributed by atoms with Crippen LogP contribution in [0.15, 0.2) is 23.7 Å². The number of aromatic nitrogens is 2. The minimum atomic E-state index is -0.652. The zero-order chi connectivity index (χ0) is 12.5. The molecule has 3 nitrogen and oxygen atoms in total. The highest BCUT2D eigenvalue weighted by Crippen LogP contribution is 2.28. The van der Waals surface area contributed by atoms with Crippen molar-refractivity contribution in [1.82, 2.24) is 9.97 Å². The van der Waals surface area contributed by atoms with Gasteiger partial charge in [-0.15, -0.1) is 11.3 Å². The van der Waals surface area contributed by atoms with Gasteiger partial charge in [0.15, 0.2) is 0 Å². The number of hydrogen-bond acceptors (Lipinski definition) is 4. The highest BCUT2D eigenvalue weighted by atomic mass is 32.1. The molecule has 0 aliphatic heterocycles. The molecule has 2 aromatic rings. The summed E-state index contributed by atoms with van der Waals surface area (Å²) < 4.78 is 0. The Bertz CT molecular complexity index is 578. The van der Waals surface area contributed by atoms with Crippen LogP contribution in [0.2, 0.25) is 0 Å². The summed E-state index contributed by atoms with van der Waals surface area (Å²) in [5, 5.41) is 11.1. The van der Waals surface area contributed by atoms with Gasteiger partial charge in [-0.05, 0) is 43.8 Å². The maximum Gasteiger partial charge on any atom is 0.148 e. The topological polar surface area (TPSA) is 49.6 Å². The molecule has 0 unspecified atom stereocenters. The molecule has 4 heteroatoms. The molecule has 0 atom stereocenters. The Morgan fingerprint density at radius 2 is 2.12 bits per heavy atom. The fraction of sp³-hybridized carbons (Fsp3) is 0.308. The lowest BCUT2D eigenvalue weighted by Gasteiger charge is -2.13. The van der Waals surface area contributed by atoms with Gasteiger partial charge in [-0.25, -0.2) is 9.97 Å². The number of rotatable bonds is 2. The van der Waals surface area contributed by atoms with Crippen LogP contribution in [0.3, 0.4) is 0 Å². The van der Waals surface area contributed by atoms with E-state index in [9.17, 15) is 0 Å². The lowest BCUT2D eigenvalue weighted by atomic mass is 9.94. The molecule has 2 aromatic heterocycles. The Morgan fingerprint density at radius 3 is 2.71 bits per heavy atom. The van der Waals surface area contributed by atoms with Crippen molar-refractivity contribution in [3.05, 3.63) is 35.1 Å². The molecule has 0 spiro atoms. The third-order valence-electron chi connectivity index (χ3n) is 2.59. The molecule has 0 saturated heterocycles. The second kappa shape index (κ2) is 4.27. The fourth-order valence-electron chi connectivity index (χ4n) is 1.47. The third-order valence-corrected chi connectivity index (χ3v) is 3.63. The Morgan fingerprint density at radius 1 is 1.35 bits per heavy atom. The normalized spacial score (nSPS) is 11.2. The van der Waals surface area contributed by atoms with E-state index in [2.05, 4.69) is 29.0 Å². The van der Waals surface area contributed by atoms with E-state index in [0.717, 1.165) is 10.6 Å². The van der Waals surface area contributed by atoms with E-state index in [1.54, 1.807) is 17.5 Å². The van der Waals surface area contributed by atoms with E-state index < -0.39 is 5.41 Å². The largest absolute Gasteiger partial charge is 0.240 e. The molecule has 2 heterocycles. The van der Waals surface area contributed by atoms with Crippen LogP contribution < -0.4 is 0 Å². The van der Waals surface area contributed by atoms with E-state index in [0.29, 0.717) is 5.82 Å². The smallest absolute Gasteiger partial charge is 0.148 e. The van der Waals surface area contributed by atoms with Crippen molar-refractivity contribution in [2.24, 2.45) is 0 Å². The molecular weight excluding hydrogens is 230 g/mol. The molecule has 0 radical (unpaired) electrons. The molecule has 0 amide bonds. The Hall–Kier alpha value is -1.73. The molecule has 86 valence electrons. The van der Waals surface area contributed by atoms with Gasteiger partial charge in [-0.1, -0.05) is 0 Å². The molecule has 0 N–H and O–H groups in total. The van der Waals surface area contributed by atoms with Gasteiger partial charge in [-0.2, -0.15) is 5.26 Å². The van der Waals surface area contributed by atoms with Crippen molar-refractivity contribution >= 4 is 11.3 Å². The SMILES string of the molecule is Cc1ccsc1-c1ccnc(C(C)(C)C#N)n1. The predicted octanol–water partition coefficient (Wildman–Crippen LogP) is 3.31. The first-order chi connectivity index (χ1) is 8.04. The molecule has 0 aromatic carbocycles. The standard InChI is InChI=1S/C13H13N3S/c1-9-5-7-17-11(9)10-4-6-15-12(16-10)13(2,3)8-14/h4-7H,1-3H3. The van der Waals surface area contributed by atoms with Gasteiger partial charge in [-0.3, -0.25) is 0 Å². The van der Waals surface area contributed by atoms with Crippen LogP contribution in [0.1, 0.15) is 25.2 Å². The van der Waals surface area contributed by atoms with E-state index in [-0.39, 0.29) is 0 Å². The van der Waals surface area contributed by atoms with E-state index in [1.165, 1.54) is 5.56 Å². The van der Waals surface area contributed by atoms with Crippen molar-refractivity contribution in [1.29, 1.82) is 5.26 Å². The van der Waals surface area contributed by atoms with Crippen LogP contribution in [-0.2, 0) is 5.41 Å². The van der Waals surface area contributed by atoms with Crippen LogP contribution in [-0.4, -0.2) is 9.97 Å². The lowest BCUT2D eigenvalue weighted by Crippen LogP contribution is -2.18. The second-order valence-electron chi connectivity index (χ2n) is 4.44. The van der Waals surface area contributed by atoms with Gasteiger partial charge in [0.05, 0.1) is 16.6 Å². The zero-order valence-corrected chi connectivity index (χ0v) is 10.9. The summed E-state index contributed by atoms with van der Waals surface area (Å²) in [6.45, 7) is 5.71. The number of thiophene rings is 1. The molecule has 0 bridgehead atoms. The summed E-state index contributed by atoms with van der Waals surface area (Å²) >= 11 is 1.66. The van der Waals surface area contributed by atoms with Crippen LogP contribution in [0.25, 0.3) is 10.6 Å². The number of hydrogen-bond donors (Lipinski definition) is 0. The highest BCUT2D eigenvalue weighted by Gasteiger charge is 2.23. The van der Waals surface area contributed by atoms with Gasteiger partial charge in [0.1, 0.15) is 11.2 Å². The summed E-state index contributed by atoms with van der Waals surface area (Å²) in [6.07, 6.45) is 1.72. The van der Waals surface area contributed by atoms with E-state index in [4.69, 9.17) is 5.26 Å². The molecule has 2 rings (SSSR count). The van der Waals surface area contributed by atoms with Gasteiger partial charge in [0.25, 0.3) is 0 Å². The van der Waals surface area contributed by atoms with Crippen molar-refractivity contribution in [3.8, 4) is 16.6 Å². The van der Waals surface area contributed by atoms with Crippen molar-refractivity contribution in [2.45, 2.75) is 26.2 Å². The molecule has 17 heavy (non-hydrogen) atoms. The first-order valence-electron chi connectivity index (χ1n) is 5.34. The number of nitrogens with zero attached hydrogens (tertiary/aromatic N) is 3. The second-order valence-corrected chi connectivity index (χ2v) is 5.35. The predicted molar refractivity (Wildman–Crippen MR) is 68.7 cm³/mol. The Balaban J connectivity index is 2.50. The van der Waals surface area contributed by atoms with Crippen LogP contribution >= 0.6 is 11.3 Å². The minimum Gasteiger partial charge on any atom is -0.240 e. The first-order valence-corrected chi connectivity index (χ1v) is 6.22. The van der Waals surface area contributed by atoms with Gasteiger partial charge >= 0.3 is 0 Å². The van der Waals surface area contributed by atoms with Crippen LogP contribution in [0.5, 0.6) is 0 Å². The summed E-state index contributed by atoms with van der Waals surface area (Å²) in [5.41, 5.74) is 1.45. The van der Waals surface area contributed by atoms with Crippen molar-refractivity contribution in [3.63, 3.8) is 0 Å². The monoisotopic (exact) mass is 243 g/mol. The Kier molecular flexibility index (Phi) is 2.95.